The lowest BCUT2D eigenvalue weighted by Gasteiger charge is -2.41. The predicted octanol–water partition coefficient (Wildman–Crippen LogP) is 5.51. The summed E-state index contributed by atoms with van der Waals surface area (Å²) in [5.74, 6) is 1.15. The number of carbonyl (C=O) groups is 1. The fourth-order valence-corrected chi connectivity index (χ4v) is 5.58. The van der Waals surface area contributed by atoms with E-state index in [9.17, 15) is 4.79 Å². The summed E-state index contributed by atoms with van der Waals surface area (Å²) in [5.41, 5.74) is 3.09. The number of aromatic nitrogens is 3. The number of amides is 1. The Bertz CT molecular complexity index is 1030. The predicted molar refractivity (Wildman–Crippen MR) is 126 cm³/mol. The minimum atomic E-state index is -0.484. The van der Waals surface area contributed by atoms with Crippen LogP contribution in [0.25, 0.3) is 0 Å². The number of hydrogen-bond donors (Lipinski definition) is 0. The largest absolute Gasteiger partial charge is 0.444 e. The Balaban J connectivity index is 1.66. The molecule has 1 aliphatic carbocycles. The van der Waals surface area contributed by atoms with E-state index in [2.05, 4.69) is 43.0 Å². The van der Waals surface area contributed by atoms with Gasteiger partial charge in [-0.3, -0.25) is 4.68 Å². The molecule has 6 nitrogen and oxygen atoms in total. The summed E-state index contributed by atoms with van der Waals surface area (Å²) in [6.45, 7) is 13.7. The van der Waals surface area contributed by atoms with Crippen molar-refractivity contribution in [3.8, 4) is 0 Å². The highest BCUT2D eigenvalue weighted by Crippen LogP contribution is 2.57. The van der Waals surface area contributed by atoms with Crippen LogP contribution in [0.2, 0.25) is 5.02 Å². The number of likely N-dealkylation sites (tertiary alicyclic amines) is 1. The first-order valence-electron chi connectivity index (χ1n) is 11.5. The normalized spacial score (nSPS) is 20.5. The maximum absolute atomic E-state index is 12.6. The second-order valence-electron chi connectivity index (χ2n) is 11.2. The molecule has 2 aromatic rings. The topological polar surface area (TPSA) is 60.3 Å². The average molecular weight is 459 g/mol. The molecule has 1 saturated heterocycles. The van der Waals surface area contributed by atoms with Gasteiger partial charge in [0.2, 0.25) is 0 Å². The van der Waals surface area contributed by atoms with Gasteiger partial charge < -0.3 is 9.64 Å². The van der Waals surface area contributed by atoms with Crippen molar-refractivity contribution in [2.24, 2.45) is 7.05 Å². The van der Waals surface area contributed by atoms with Crippen LogP contribution >= 0.6 is 11.6 Å². The minimum Gasteiger partial charge on any atom is -0.444 e. The highest BCUT2D eigenvalue weighted by Gasteiger charge is 2.51. The summed E-state index contributed by atoms with van der Waals surface area (Å²) in [7, 11) is 1.91. The van der Waals surface area contributed by atoms with Crippen molar-refractivity contribution in [2.45, 2.75) is 83.2 Å². The van der Waals surface area contributed by atoms with Crippen LogP contribution in [-0.2, 0) is 22.6 Å². The van der Waals surface area contributed by atoms with Crippen molar-refractivity contribution in [2.75, 3.05) is 13.1 Å². The molecule has 1 spiro atoms. The zero-order valence-corrected chi connectivity index (χ0v) is 21.1. The maximum atomic E-state index is 12.6. The molecule has 32 heavy (non-hydrogen) atoms. The van der Waals surface area contributed by atoms with Gasteiger partial charge >= 0.3 is 6.09 Å². The van der Waals surface area contributed by atoms with Gasteiger partial charge in [-0.25, -0.2) is 9.78 Å². The third-order valence-electron chi connectivity index (χ3n) is 7.29. The molecule has 2 aliphatic rings. The number of carbonyl (C=O) groups excluding carboxylic acids is 1. The molecule has 0 bridgehead atoms. The summed E-state index contributed by atoms with van der Waals surface area (Å²) in [4.78, 5) is 19.1. The Morgan fingerprint density at radius 1 is 1.19 bits per heavy atom. The van der Waals surface area contributed by atoms with E-state index in [0.29, 0.717) is 13.1 Å². The van der Waals surface area contributed by atoms with Crippen LogP contribution in [0.1, 0.15) is 82.3 Å². The summed E-state index contributed by atoms with van der Waals surface area (Å²) < 4.78 is 7.39. The molecular weight excluding hydrogens is 424 g/mol. The van der Waals surface area contributed by atoms with Gasteiger partial charge in [-0.15, -0.1) is 0 Å². The van der Waals surface area contributed by atoms with Gasteiger partial charge in [0.15, 0.2) is 5.82 Å². The molecule has 1 atom stereocenters. The number of ether oxygens (including phenoxy) is 1. The van der Waals surface area contributed by atoms with E-state index in [4.69, 9.17) is 16.3 Å². The molecule has 1 fully saturated rings. The molecule has 7 heteroatoms. The molecule has 1 aliphatic heterocycles. The third-order valence-corrected chi connectivity index (χ3v) is 7.70. The summed E-state index contributed by atoms with van der Waals surface area (Å²) in [6.07, 6.45) is 4.37. The van der Waals surface area contributed by atoms with Crippen LogP contribution in [0.3, 0.4) is 0 Å². The van der Waals surface area contributed by atoms with Crippen LogP contribution in [0.15, 0.2) is 18.5 Å². The number of hydrogen-bond acceptors (Lipinski definition) is 4. The van der Waals surface area contributed by atoms with E-state index < -0.39 is 5.60 Å². The Labute approximate surface area is 196 Å². The number of rotatable bonds is 2. The van der Waals surface area contributed by atoms with E-state index in [1.807, 2.05) is 32.7 Å². The Kier molecular flexibility index (Phi) is 5.60. The minimum absolute atomic E-state index is 0.00189. The first-order valence-corrected chi connectivity index (χ1v) is 11.8. The molecule has 174 valence electrons. The second kappa shape index (κ2) is 7.75. The van der Waals surface area contributed by atoms with Crippen molar-refractivity contribution in [1.29, 1.82) is 0 Å². The van der Waals surface area contributed by atoms with Gasteiger partial charge in [-0.1, -0.05) is 31.5 Å². The van der Waals surface area contributed by atoms with Gasteiger partial charge in [0.1, 0.15) is 11.9 Å². The third kappa shape index (κ3) is 4.02. The fraction of sp³-hybridized carbons (Fsp3) is 0.640. The van der Waals surface area contributed by atoms with Gasteiger partial charge in [0, 0.05) is 30.6 Å². The van der Waals surface area contributed by atoms with Crippen LogP contribution in [0.5, 0.6) is 0 Å². The number of piperidine rings is 1. The lowest BCUT2D eigenvalue weighted by molar-refractivity contribution is 0.0159. The molecule has 1 aromatic heterocycles. The zero-order valence-electron chi connectivity index (χ0n) is 20.3. The fourth-order valence-electron chi connectivity index (χ4n) is 5.41. The van der Waals surface area contributed by atoms with E-state index >= 15 is 0 Å². The second-order valence-corrected chi connectivity index (χ2v) is 11.6. The van der Waals surface area contributed by atoms with Gasteiger partial charge in [0.05, 0.1) is 0 Å². The van der Waals surface area contributed by atoms with E-state index in [0.717, 1.165) is 35.7 Å². The zero-order chi connectivity index (χ0) is 23.5. The lowest BCUT2D eigenvalue weighted by Crippen LogP contribution is -2.46. The van der Waals surface area contributed by atoms with Crippen molar-refractivity contribution in [1.82, 2.24) is 19.7 Å². The van der Waals surface area contributed by atoms with Crippen molar-refractivity contribution in [3.05, 3.63) is 46.0 Å². The summed E-state index contributed by atoms with van der Waals surface area (Å²) in [6, 6.07) is 4.44. The quantitative estimate of drug-likeness (QED) is 0.595. The molecule has 1 amide bonds. The molecule has 0 N–H and O–H groups in total. The number of fused-ring (bicyclic) bond motifs is 2. The van der Waals surface area contributed by atoms with Crippen molar-refractivity contribution < 1.29 is 9.53 Å². The SMILES string of the molecule is Cc1cc2c(cc1Cl)C1(CCN(C(=O)OC(C)(C)C)CC1)C[C@@H]2C(C)(C)c1ncn(C)n1. The van der Waals surface area contributed by atoms with E-state index in [1.54, 1.807) is 11.0 Å². The van der Waals surface area contributed by atoms with Crippen molar-refractivity contribution >= 4 is 17.7 Å². The number of benzene rings is 1. The van der Waals surface area contributed by atoms with Crippen LogP contribution in [0.4, 0.5) is 4.79 Å². The van der Waals surface area contributed by atoms with Crippen LogP contribution in [-0.4, -0.2) is 44.4 Å². The molecule has 4 rings (SSSR count). The first kappa shape index (κ1) is 23.1. The molecule has 1 aromatic carbocycles. The van der Waals surface area contributed by atoms with Crippen LogP contribution < -0.4 is 0 Å². The highest BCUT2D eigenvalue weighted by atomic mass is 35.5. The monoisotopic (exact) mass is 458 g/mol. The smallest absolute Gasteiger partial charge is 0.410 e. The number of aryl methyl sites for hydroxylation is 2. The number of nitrogens with zero attached hydrogens (tertiary/aromatic N) is 4. The first-order chi connectivity index (χ1) is 14.8. The van der Waals surface area contributed by atoms with Crippen molar-refractivity contribution in [3.63, 3.8) is 0 Å². The maximum Gasteiger partial charge on any atom is 0.410 e. The lowest BCUT2D eigenvalue weighted by atomic mass is 9.70. The Morgan fingerprint density at radius 3 is 2.41 bits per heavy atom. The number of halogens is 1. The molecule has 2 heterocycles. The molecular formula is C25H35ClN4O2. The van der Waals surface area contributed by atoms with Crippen LogP contribution in [0, 0.1) is 6.92 Å². The summed E-state index contributed by atoms with van der Waals surface area (Å²) in [5, 5.41) is 5.46. The van der Waals surface area contributed by atoms with Gasteiger partial charge in [-0.2, -0.15) is 5.10 Å². The molecule has 0 unspecified atom stereocenters. The molecule has 0 saturated carbocycles. The Hall–Kier alpha value is -2.08. The van der Waals surface area contributed by atoms with E-state index in [-0.39, 0.29) is 22.8 Å². The van der Waals surface area contributed by atoms with Gasteiger partial charge in [0.25, 0.3) is 0 Å². The Morgan fingerprint density at radius 2 is 1.84 bits per heavy atom. The standard InChI is InChI=1S/C25H35ClN4O2/c1-16-12-17-18(13-20(16)26)25(8-10-30(11-9-25)22(31)32-23(2,3)4)14-19(17)24(5,6)21-27-15-29(7)28-21/h12-13,15,19H,8-11,14H2,1-7H3/t19-/m0/s1. The average Bonchev–Trinajstić information content (AvgIpc) is 3.25. The van der Waals surface area contributed by atoms with E-state index in [1.165, 1.54) is 11.1 Å². The molecule has 0 radical (unpaired) electrons. The summed E-state index contributed by atoms with van der Waals surface area (Å²) >= 11 is 6.62. The highest BCUT2D eigenvalue weighted by molar-refractivity contribution is 6.31. The van der Waals surface area contributed by atoms with Gasteiger partial charge in [-0.05, 0) is 81.0 Å².